The monoisotopic (exact) mass is 277 g/mol. The molecule has 0 radical (unpaired) electrons. The number of hydrogen-bond acceptors (Lipinski definition) is 2. The molecular weight excluding hydrogens is 262 g/mol. The number of rotatable bonds is 2. The van der Waals surface area contributed by atoms with E-state index in [0.717, 1.165) is 17.7 Å². The van der Waals surface area contributed by atoms with Gasteiger partial charge in [0.1, 0.15) is 0 Å². The number of hydrogen-bond donors (Lipinski definition) is 0. The third-order valence-electron chi connectivity index (χ3n) is 4.49. The Hall–Kier alpha value is -2.42. The Labute approximate surface area is 123 Å². The number of ketones is 1. The molecule has 3 heteroatoms. The molecule has 104 valence electrons. The van der Waals surface area contributed by atoms with Crippen molar-refractivity contribution in [1.82, 2.24) is 0 Å². The number of carbonyl (C=O) groups is 2. The number of Topliss-reactive ketones (excluding diaryl/α,β-unsaturated/α-hetero) is 1. The van der Waals surface area contributed by atoms with Crippen LogP contribution in [0.4, 0.5) is 5.69 Å². The van der Waals surface area contributed by atoms with Crippen molar-refractivity contribution in [3.63, 3.8) is 0 Å². The van der Waals surface area contributed by atoms with Crippen LogP contribution >= 0.6 is 0 Å². The van der Waals surface area contributed by atoms with Crippen LogP contribution in [0.15, 0.2) is 42.5 Å². The molecule has 2 aromatic carbocycles. The van der Waals surface area contributed by atoms with Gasteiger partial charge < -0.3 is 4.90 Å². The number of benzene rings is 2. The van der Waals surface area contributed by atoms with E-state index in [9.17, 15) is 9.59 Å². The summed E-state index contributed by atoms with van der Waals surface area (Å²) in [6, 6.07) is 14.0. The number of nitrogens with zero attached hydrogens (tertiary/aromatic N) is 1. The quantitative estimate of drug-likeness (QED) is 0.792. The zero-order valence-electron chi connectivity index (χ0n) is 11.8. The van der Waals surface area contributed by atoms with Crippen LogP contribution in [-0.2, 0) is 11.2 Å². The highest BCUT2D eigenvalue weighted by molar-refractivity contribution is 6.52. The average molecular weight is 277 g/mol. The van der Waals surface area contributed by atoms with Gasteiger partial charge >= 0.3 is 0 Å². The lowest BCUT2D eigenvalue weighted by molar-refractivity contribution is -0.114. The number of aryl methyl sites for hydroxylation is 1. The summed E-state index contributed by atoms with van der Waals surface area (Å²) in [5.74, 6) is -0.425. The molecule has 0 saturated heterocycles. The lowest BCUT2D eigenvalue weighted by Gasteiger charge is -2.33. The molecule has 0 saturated carbocycles. The minimum absolute atomic E-state index is 0.338. The van der Waals surface area contributed by atoms with Crippen molar-refractivity contribution in [1.29, 1.82) is 0 Å². The van der Waals surface area contributed by atoms with Crippen LogP contribution in [0, 0.1) is 6.92 Å². The van der Waals surface area contributed by atoms with Gasteiger partial charge in [-0.1, -0.05) is 35.9 Å². The molecule has 0 fully saturated rings. The van der Waals surface area contributed by atoms with Crippen molar-refractivity contribution >= 4 is 17.4 Å². The molecule has 1 atom stereocenters. The van der Waals surface area contributed by atoms with Gasteiger partial charge in [0.25, 0.3) is 11.7 Å². The summed E-state index contributed by atoms with van der Waals surface area (Å²) in [6.45, 7) is 2.53. The van der Waals surface area contributed by atoms with E-state index in [0.29, 0.717) is 18.0 Å². The fraction of sp³-hybridized carbons (Fsp3) is 0.222. The Bertz CT molecular complexity index is 779. The van der Waals surface area contributed by atoms with Gasteiger partial charge in [0, 0.05) is 12.5 Å². The second-order valence-corrected chi connectivity index (χ2v) is 5.87. The first-order valence-electron chi connectivity index (χ1n) is 7.20. The van der Waals surface area contributed by atoms with Crippen LogP contribution < -0.4 is 4.90 Å². The molecule has 2 aliphatic rings. The van der Waals surface area contributed by atoms with Crippen molar-refractivity contribution in [2.45, 2.75) is 19.3 Å². The molecule has 4 rings (SSSR count). The number of amides is 1. The Balaban J connectivity index is 1.66. The first-order chi connectivity index (χ1) is 10.1. The topological polar surface area (TPSA) is 37.4 Å². The molecule has 0 N–H and O–H groups in total. The highest BCUT2D eigenvalue weighted by atomic mass is 16.2. The van der Waals surface area contributed by atoms with Crippen LogP contribution in [0.25, 0.3) is 0 Å². The van der Waals surface area contributed by atoms with E-state index in [4.69, 9.17) is 0 Å². The number of carbonyl (C=O) groups excluding carboxylic acids is 2. The summed E-state index contributed by atoms with van der Waals surface area (Å²) in [6.07, 6.45) is 0.981. The van der Waals surface area contributed by atoms with Crippen molar-refractivity contribution in [3.8, 4) is 0 Å². The third kappa shape index (κ3) is 1.74. The number of fused-ring (bicyclic) bond motifs is 2. The van der Waals surface area contributed by atoms with Gasteiger partial charge in [-0.2, -0.15) is 0 Å². The van der Waals surface area contributed by atoms with E-state index in [2.05, 4.69) is 12.1 Å². The van der Waals surface area contributed by atoms with Gasteiger partial charge in [0.15, 0.2) is 0 Å². The first kappa shape index (κ1) is 12.3. The van der Waals surface area contributed by atoms with E-state index < -0.39 is 0 Å². The Morgan fingerprint density at radius 1 is 1.14 bits per heavy atom. The van der Waals surface area contributed by atoms with Gasteiger partial charge in [-0.25, -0.2) is 0 Å². The summed E-state index contributed by atoms with van der Waals surface area (Å²) < 4.78 is 0. The van der Waals surface area contributed by atoms with Crippen molar-refractivity contribution in [3.05, 3.63) is 64.7 Å². The minimum atomic E-state index is -0.389. The smallest absolute Gasteiger partial charge is 0.299 e. The summed E-state index contributed by atoms with van der Waals surface area (Å²) in [7, 11) is 0. The molecule has 0 aromatic heterocycles. The first-order valence-corrected chi connectivity index (χ1v) is 7.20. The lowest BCUT2D eigenvalue weighted by Crippen LogP contribution is -2.37. The molecule has 2 aromatic rings. The van der Waals surface area contributed by atoms with Gasteiger partial charge in [-0.15, -0.1) is 0 Å². The van der Waals surface area contributed by atoms with Gasteiger partial charge in [-0.3, -0.25) is 9.59 Å². The standard InChI is InChI=1S/C18H15NO2/c1-11-6-7-16-15(8-11)17(20)18(21)19(16)10-13-9-12-4-2-3-5-14(12)13/h2-8,13H,9-10H2,1H3. The van der Waals surface area contributed by atoms with Gasteiger partial charge in [0.2, 0.25) is 0 Å². The van der Waals surface area contributed by atoms with Crippen LogP contribution in [-0.4, -0.2) is 18.2 Å². The predicted octanol–water partition coefficient (Wildman–Crippen LogP) is 2.86. The van der Waals surface area contributed by atoms with E-state index in [1.165, 1.54) is 11.1 Å². The molecule has 1 unspecified atom stereocenters. The summed E-state index contributed by atoms with van der Waals surface area (Å²) in [4.78, 5) is 26.0. The number of anilines is 1. The molecule has 1 aliphatic carbocycles. The highest BCUT2D eigenvalue weighted by Crippen LogP contribution is 2.38. The van der Waals surface area contributed by atoms with E-state index in [1.807, 2.05) is 37.3 Å². The highest BCUT2D eigenvalue weighted by Gasteiger charge is 2.38. The maximum atomic E-state index is 12.2. The predicted molar refractivity (Wildman–Crippen MR) is 80.7 cm³/mol. The fourth-order valence-corrected chi connectivity index (χ4v) is 3.34. The third-order valence-corrected chi connectivity index (χ3v) is 4.49. The molecule has 1 heterocycles. The van der Waals surface area contributed by atoms with Crippen LogP contribution in [0.2, 0.25) is 0 Å². The van der Waals surface area contributed by atoms with E-state index in [-0.39, 0.29) is 11.7 Å². The van der Waals surface area contributed by atoms with E-state index >= 15 is 0 Å². The van der Waals surface area contributed by atoms with Gasteiger partial charge in [-0.05, 0) is 36.6 Å². The van der Waals surface area contributed by atoms with Crippen LogP contribution in [0.1, 0.15) is 33.0 Å². The van der Waals surface area contributed by atoms with Crippen molar-refractivity contribution in [2.24, 2.45) is 0 Å². The fourth-order valence-electron chi connectivity index (χ4n) is 3.34. The Morgan fingerprint density at radius 3 is 2.76 bits per heavy atom. The summed E-state index contributed by atoms with van der Waals surface area (Å²) in [5.41, 5.74) is 4.97. The SMILES string of the molecule is Cc1ccc2c(c1)C(=O)C(=O)N2CC1Cc2ccccc21. The Kier molecular flexibility index (Phi) is 2.52. The van der Waals surface area contributed by atoms with Crippen LogP contribution in [0.3, 0.4) is 0 Å². The second kappa shape index (κ2) is 4.29. The van der Waals surface area contributed by atoms with Crippen molar-refractivity contribution < 1.29 is 9.59 Å². The average Bonchev–Trinajstić information content (AvgIpc) is 2.69. The largest absolute Gasteiger partial charge is 0.304 e. The lowest BCUT2D eigenvalue weighted by atomic mass is 9.77. The maximum absolute atomic E-state index is 12.2. The summed E-state index contributed by atoms with van der Waals surface area (Å²) >= 11 is 0. The normalized spacial score (nSPS) is 19.3. The second-order valence-electron chi connectivity index (χ2n) is 5.87. The molecule has 1 aliphatic heterocycles. The van der Waals surface area contributed by atoms with Crippen molar-refractivity contribution in [2.75, 3.05) is 11.4 Å². The van der Waals surface area contributed by atoms with Gasteiger partial charge in [0.05, 0.1) is 11.3 Å². The maximum Gasteiger partial charge on any atom is 0.299 e. The molecule has 1 amide bonds. The molecule has 3 nitrogen and oxygen atoms in total. The van der Waals surface area contributed by atoms with Crippen LogP contribution in [0.5, 0.6) is 0 Å². The molecule has 0 spiro atoms. The minimum Gasteiger partial charge on any atom is -0.304 e. The zero-order valence-corrected chi connectivity index (χ0v) is 11.8. The molecule has 0 bridgehead atoms. The Morgan fingerprint density at radius 2 is 1.95 bits per heavy atom. The molecule has 21 heavy (non-hydrogen) atoms. The summed E-state index contributed by atoms with van der Waals surface area (Å²) in [5, 5.41) is 0. The molecular formula is C18H15NO2. The van der Waals surface area contributed by atoms with E-state index in [1.54, 1.807) is 4.90 Å². The zero-order chi connectivity index (χ0) is 14.6.